The summed E-state index contributed by atoms with van der Waals surface area (Å²) in [5.74, 6) is 0.215. The van der Waals surface area contributed by atoms with E-state index >= 15 is 0 Å². The fourth-order valence-corrected chi connectivity index (χ4v) is 3.64. The standard InChI is InChI=1S/C23H26BrN5O/c1-15-7-5-8-18(13-15)22(30)27-23(26-20-10-6-9-19(24)14-20)25-12-11-21-16(2)28-29(4)17(21)3/h5-10,13-14H,11-12H2,1-4H3,(H2,25,26,27,30). The number of hydrogen-bond acceptors (Lipinski definition) is 3. The third-order valence-electron chi connectivity index (χ3n) is 4.89. The summed E-state index contributed by atoms with van der Waals surface area (Å²) in [5, 5.41) is 10.6. The number of carbonyl (C=O) groups is 1. The van der Waals surface area contributed by atoms with Gasteiger partial charge in [-0.3, -0.25) is 19.8 Å². The molecule has 1 amide bonds. The van der Waals surface area contributed by atoms with E-state index in [0.29, 0.717) is 18.1 Å². The van der Waals surface area contributed by atoms with Crippen LogP contribution in [0, 0.1) is 20.8 Å². The molecule has 156 valence electrons. The van der Waals surface area contributed by atoms with Crippen molar-refractivity contribution in [3.8, 4) is 0 Å². The summed E-state index contributed by atoms with van der Waals surface area (Å²) in [6, 6.07) is 15.2. The maximum Gasteiger partial charge on any atom is 0.257 e. The number of aromatic nitrogens is 2. The van der Waals surface area contributed by atoms with Gasteiger partial charge in [0.25, 0.3) is 5.91 Å². The molecule has 0 spiro atoms. The molecular formula is C23H26BrN5O. The minimum atomic E-state index is -0.200. The Kier molecular flexibility index (Phi) is 7.05. The van der Waals surface area contributed by atoms with Gasteiger partial charge >= 0.3 is 0 Å². The van der Waals surface area contributed by atoms with E-state index in [1.807, 2.05) is 68.0 Å². The monoisotopic (exact) mass is 467 g/mol. The predicted octanol–water partition coefficient (Wildman–Crippen LogP) is 4.55. The predicted molar refractivity (Wildman–Crippen MR) is 125 cm³/mol. The molecule has 30 heavy (non-hydrogen) atoms. The Bertz CT molecular complexity index is 1090. The maximum absolute atomic E-state index is 12.8. The van der Waals surface area contributed by atoms with Gasteiger partial charge in [0, 0.05) is 35.0 Å². The van der Waals surface area contributed by atoms with E-state index < -0.39 is 0 Å². The number of amides is 1. The van der Waals surface area contributed by atoms with E-state index in [2.05, 4.69) is 43.6 Å². The maximum atomic E-state index is 12.8. The molecule has 1 aromatic heterocycles. The third-order valence-corrected chi connectivity index (χ3v) is 5.38. The molecule has 3 aromatic rings. The summed E-state index contributed by atoms with van der Waals surface area (Å²) in [4.78, 5) is 17.4. The van der Waals surface area contributed by atoms with Crippen LogP contribution < -0.4 is 10.6 Å². The normalized spacial score (nSPS) is 11.4. The van der Waals surface area contributed by atoms with Crippen LogP contribution >= 0.6 is 15.9 Å². The number of nitrogens with one attached hydrogen (secondary N) is 2. The van der Waals surface area contributed by atoms with Crippen molar-refractivity contribution < 1.29 is 4.79 Å². The third kappa shape index (κ3) is 5.57. The molecule has 0 saturated carbocycles. The van der Waals surface area contributed by atoms with E-state index in [9.17, 15) is 4.79 Å². The summed E-state index contributed by atoms with van der Waals surface area (Å²) in [5.41, 5.74) is 5.79. The minimum absolute atomic E-state index is 0.200. The zero-order chi connectivity index (χ0) is 21.7. The van der Waals surface area contributed by atoms with Crippen molar-refractivity contribution in [2.45, 2.75) is 27.2 Å². The SMILES string of the molecule is Cc1cccc(C(=O)NC(=NCCc2c(C)nn(C)c2C)Nc2cccc(Br)c2)c1. The van der Waals surface area contributed by atoms with Crippen molar-refractivity contribution >= 4 is 33.5 Å². The lowest BCUT2D eigenvalue weighted by Gasteiger charge is -2.12. The molecule has 0 bridgehead atoms. The number of halogens is 1. The Balaban J connectivity index is 1.79. The number of aliphatic imine (C=N–C) groups is 1. The second-order valence-electron chi connectivity index (χ2n) is 7.21. The molecule has 2 N–H and O–H groups in total. The Morgan fingerprint density at radius 1 is 1.13 bits per heavy atom. The molecule has 0 fully saturated rings. The first-order chi connectivity index (χ1) is 14.3. The second kappa shape index (κ2) is 9.71. The van der Waals surface area contributed by atoms with Crippen LogP contribution in [0.1, 0.15) is 32.9 Å². The number of benzene rings is 2. The fourth-order valence-electron chi connectivity index (χ4n) is 3.24. The summed E-state index contributed by atoms with van der Waals surface area (Å²) in [7, 11) is 1.94. The van der Waals surface area contributed by atoms with Gasteiger partial charge in [-0.05, 0) is 63.1 Å². The van der Waals surface area contributed by atoms with Gasteiger partial charge in [-0.1, -0.05) is 39.7 Å². The largest absolute Gasteiger partial charge is 0.326 e. The zero-order valence-corrected chi connectivity index (χ0v) is 19.2. The zero-order valence-electron chi connectivity index (χ0n) is 17.7. The number of guanidine groups is 1. The van der Waals surface area contributed by atoms with Crippen molar-refractivity contribution in [2.75, 3.05) is 11.9 Å². The number of aryl methyl sites for hydroxylation is 3. The van der Waals surface area contributed by atoms with Crippen LogP contribution in [0.3, 0.4) is 0 Å². The molecule has 0 aliphatic carbocycles. The van der Waals surface area contributed by atoms with E-state index in [1.54, 1.807) is 6.07 Å². The molecule has 1 heterocycles. The summed E-state index contributed by atoms with van der Waals surface area (Å²) in [6.45, 7) is 6.55. The van der Waals surface area contributed by atoms with Gasteiger partial charge in [-0.25, -0.2) is 0 Å². The molecule has 0 aliphatic heterocycles. The lowest BCUT2D eigenvalue weighted by Crippen LogP contribution is -2.36. The van der Waals surface area contributed by atoms with Crippen molar-refractivity contribution in [3.05, 3.63) is 81.1 Å². The summed E-state index contributed by atoms with van der Waals surface area (Å²) in [6.07, 6.45) is 0.746. The topological polar surface area (TPSA) is 71.3 Å². The van der Waals surface area contributed by atoms with Crippen LogP contribution in [0.15, 0.2) is 58.0 Å². The molecule has 0 atom stereocenters. The summed E-state index contributed by atoms with van der Waals surface area (Å²) >= 11 is 3.47. The van der Waals surface area contributed by atoms with Gasteiger partial charge < -0.3 is 5.32 Å². The first kappa shape index (κ1) is 21.8. The van der Waals surface area contributed by atoms with Crippen molar-refractivity contribution in [3.63, 3.8) is 0 Å². The first-order valence-corrected chi connectivity index (χ1v) is 10.6. The molecular weight excluding hydrogens is 442 g/mol. The smallest absolute Gasteiger partial charge is 0.257 e. The Morgan fingerprint density at radius 2 is 1.90 bits per heavy atom. The average molecular weight is 468 g/mol. The van der Waals surface area contributed by atoms with Crippen molar-refractivity contribution in [2.24, 2.45) is 12.0 Å². The quantitative estimate of drug-likeness (QED) is 0.427. The Hall–Kier alpha value is -2.93. The summed E-state index contributed by atoms with van der Waals surface area (Å²) < 4.78 is 2.83. The van der Waals surface area contributed by atoms with Crippen LogP contribution in [0.4, 0.5) is 5.69 Å². The van der Waals surface area contributed by atoms with Gasteiger partial charge in [-0.2, -0.15) is 5.10 Å². The van der Waals surface area contributed by atoms with E-state index in [0.717, 1.165) is 33.5 Å². The highest BCUT2D eigenvalue weighted by Gasteiger charge is 2.12. The van der Waals surface area contributed by atoms with Crippen molar-refractivity contribution in [1.29, 1.82) is 0 Å². The molecule has 7 heteroatoms. The van der Waals surface area contributed by atoms with E-state index in [1.165, 1.54) is 5.56 Å². The molecule has 0 radical (unpaired) electrons. The van der Waals surface area contributed by atoms with Gasteiger partial charge in [0.15, 0.2) is 0 Å². The highest BCUT2D eigenvalue weighted by molar-refractivity contribution is 9.10. The van der Waals surface area contributed by atoms with E-state index in [4.69, 9.17) is 0 Å². The number of nitrogens with zero attached hydrogens (tertiary/aromatic N) is 3. The molecule has 0 aliphatic rings. The molecule has 0 unspecified atom stereocenters. The molecule has 3 rings (SSSR count). The van der Waals surface area contributed by atoms with Crippen LogP contribution in [0.5, 0.6) is 0 Å². The Labute approximate surface area is 185 Å². The molecule has 0 saturated heterocycles. The lowest BCUT2D eigenvalue weighted by molar-refractivity contribution is 0.0977. The van der Waals surface area contributed by atoms with Gasteiger partial charge in [0.1, 0.15) is 0 Å². The van der Waals surface area contributed by atoms with Gasteiger partial charge in [0.05, 0.1) is 5.69 Å². The van der Waals surface area contributed by atoms with Crippen LogP contribution in [-0.2, 0) is 13.5 Å². The van der Waals surface area contributed by atoms with Gasteiger partial charge in [0.2, 0.25) is 5.96 Å². The fraction of sp³-hybridized carbons (Fsp3) is 0.261. The van der Waals surface area contributed by atoms with Crippen LogP contribution in [0.2, 0.25) is 0 Å². The van der Waals surface area contributed by atoms with Crippen LogP contribution in [-0.4, -0.2) is 28.2 Å². The number of anilines is 1. The van der Waals surface area contributed by atoms with E-state index in [-0.39, 0.29) is 5.91 Å². The lowest BCUT2D eigenvalue weighted by atomic mass is 10.1. The highest BCUT2D eigenvalue weighted by Crippen LogP contribution is 2.16. The Morgan fingerprint density at radius 3 is 2.57 bits per heavy atom. The second-order valence-corrected chi connectivity index (χ2v) is 8.13. The van der Waals surface area contributed by atoms with Crippen LogP contribution in [0.25, 0.3) is 0 Å². The number of hydrogen-bond donors (Lipinski definition) is 2. The van der Waals surface area contributed by atoms with Crippen molar-refractivity contribution in [1.82, 2.24) is 15.1 Å². The highest BCUT2D eigenvalue weighted by atomic mass is 79.9. The average Bonchev–Trinajstić information content (AvgIpc) is 2.94. The molecule has 2 aromatic carbocycles. The number of carbonyl (C=O) groups excluding carboxylic acids is 1. The molecule has 6 nitrogen and oxygen atoms in total. The minimum Gasteiger partial charge on any atom is -0.326 e. The first-order valence-electron chi connectivity index (χ1n) is 9.77. The van der Waals surface area contributed by atoms with Gasteiger partial charge in [-0.15, -0.1) is 0 Å². The number of rotatable bonds is 5.